The third-order valence-corrected chi connectivity index (χ3v) is 3.76. The second-order valence-electron chi connectivity index (χ2n) is 5.49. The third kappa shape index (κ3) is 3.48. The third-order valence-electron chi connectivity index (χ3n) is 3.76. The van der Waals surface area contributed by atoms with Gasteiger partial charge in [-0.25, -0.2) is 0 Å². The van der Waals surface area contributed by atoms with E-state index >= 15 is 0 Å². The number of carboxylic acids is 1. The summed E-state index contributed by atoms with van der Waals surface area (Å²) in [6, 6.07) is 0.392. The molecule has 2 N–H and O–H groups in total. The van der Waals surface area contributed by atoms with E-state index in [1.165, 1.54) is 12.8 Å². The zero-order chi connectivity index (χ0) is 12.2. The maximum Gasteiger partial charge on any atom is 0.323 e. The van der Waals surface area contributed by atoms with Crippen LogP contribution < -0.4 is 5.32 Å². The van der Waals surface area contributed by atoms with Crippen molar-refractivity contribution < 1.29 is 9.90 Å². The lowest BCUT2D eigenvalue weighted by atomic mass is 9.85. The number of hydrogen-bond acceptors (Lipinski definition) is 2. The van der Waals surface area contributed by atoms with Gasteiger partial charge in [0.25, 0.3) is 0 Å². The van der Waals surface area contributed by atoms with Gasteiger partial charge in [-0.2, -0.15) is 0 Å². The van der Waals surface area contributed by atoms with Crippen molar-refractivity contribution in [2.75, 3.05) is 0 Å². The van der Waals surface area contributed by atoms with Gasteiger partial charge in [0.15, 0.2) is 0 Å². The number of carbonyl (C=O) groups is 1. The lowest BCUT2D eigenvalue weighted by molar-refractivity contribution is -0.145. The van der Waals surface area contributed by atoms with Crippen LogP contribution in [0.3, 0.4) is 0 Å². The summed E-state index contributed by atoms with van der Waals surface area (Å²) in [5, 5.41) is 12.6. The lowest BCUT2D eigenvalue weighted by Gasteiger charge is -2.35. The van der Waals surface area contributed by atoms with Crippen molar-refractivity contribution in [2.45, 2.75) is 70.9 Å². The summed E-state index contributed by atoms with van der Waals surface area (Å²) in [7, 11) is 0. The summed E-state index contributed by atoms with van der Waals surface area (Å²) in [5.41, 5.74) is -0.736. The van der Waals surface area contributed by atoms with Gasteiger partial charge in [0, 0.05) is 6.04 Å². The molecule has 0 aromatic carbocycles. The minimum atomic E-state index is -0.736. The molecule has 0 amide bonds. The predicted molar refractivity (Wildman–Crippen MR) is 65.5 cm³/mol. The standard InChI is InChI=1S/C13H25NO2/c1-4-9-13(3,12(15)16)14-11-7-5-10(2)6-8-11/h10-11,14H,4-9H2,1-3H3,(H,15,16). The zero-order valence-corrected chi connectivity index (χ0v) is 10.8. The molecule has 0 aromatic rings. The summed E-state index contributed by atoms with van der Waals surface area (Å²) in [4.78, 5) is 11.3. The Morgan fingerprint density at radius 2 is 1.94 bits per heavy atom. The molecule has 0 bridgehead atoms. The molecule has 16 heavy (non-hydrogen) atoms. The monoisotopic (exact) mass is 227 g/mol. The van der Waals surface area contributed by atoms with Crippen molar-refractivity contribution in [3.8, 4) is 0 Å². The lowest BCUT2D eigenvalue weighted by Crippen LogP contribution is -2.54. The van der Waals surface area contributed by atoms with E-state index in [2.05, 4.69) is 12.2 Å². The first-order chi connectivity index (χ1) is 7.48. The molecule has 0 saturated heterocycles. The first-order valence-corrected chi connectivity index (χ1v) is 6.49. The van der Waals surface area contributed by atoms with E-state index in [4.69, 9.17) is 0 Å². The van der Waals surface area contributed by atoms with Gasteiger partial charge in [-0.3, -0.25) is 10.1 Å². The second-order valence-corrected chi connectivity index (χ2v) is 5.49. The molecule has 1 fully saturated rings. The fourth-order valence-corrected chi connectivity index (χ4v) is 2.60. The van der Waals surface area contributed by atoms with Crippen LogP contribution in [0.2, 0.25) is 0 Å². The van der Waals surface area contributed by atoms with Crippen LogP contribution in [-0.4, -0.2) is 22.7 Å². The average molecular weight is 227 g/mol. The summed E-state index contributed by atoms with van der Waals surface area (Å²) in [5.74, 6) is 0.0910. The Morgan fingerprint density at radius 1 is 1.38 bits per heavy atom. The molecule has 0 aromatic heterocycles. The van der Waals surface area contributed by atoms with Crippen LogP contribution in [0.15, 0.2) is 0 Å². The summed E-state index contributed by atoms with van der Waals surface area (Å²) in [6.45, 7) is 6.13. The van der Waals surface area contributed by atoms with Crippen molar-refractivity contribution >= 4 is 5.97 Å². The van der Waals surface area contributed by atoms with E-state index < -0.39 is 11.5 Å². The van der Waals surface area contributed by atoms with Crippen LogP contribution >= 0.6 is 0 Å². The van der Waals surface area contributed by atoms with E-state index in [9.17, 15) is 9.90 Å². The predicted octanol–water partition coefficient (Wildman–Crippen LogP) is 2.80. The summed E-state index contributed by atoms with van der Waals surface area (Å²) < 4.78 is 0. The SMILES string of the molecule is CCCC(C)(NC1CCC(C)CC1)C(=O)O. The summed E-state index contributed by atoms with van der Waals surface area (Å²) >= 11 is 0. The van der Waals surface area contributed by atoms with Crippen molar-refractivity contribution in [3.05, 3.63) is 0 Å². The smallest absolute Gasteiger partial charge is 0.323 e. The fourth-order valence-electron chi connectivity index (χ4n) is 2.60. The quantitative estimate of drug-likeness (QED) is 0.759. The van der Waals surface area contributed by atoms with Crippen molar-refractivity contribution in [1.29, 1.82) is 0 Å². The second kappa shape index (κ2) is 5.67. The zero-order valence-electron chi connectivity index (χ0n) is 10.8. The Balaban J connectivity index is 2.52. The molecule has 1 aliphatic rings. The number of aliphatic carboxylic acids is 1. The highest BCUT2D eigenvalue weighted by Crippen LogP contribution is 2.26. The molecule has 1 atom stereocenters. The molecule has 3 nitrogen and oxygen atoms in total. The Morgan fingerprint density at radius 3 is 2.38 bits per heavy atom. The molecular formula is C13H25NO2. The van der Waals surface area contributed by atoms with E-state index in [0.29, 0.717) is 12.5 Å². The maximum absolute atomic E-state index is 11.3. The van der Waals surface area contributed by atoms with E-state index in [-0.39, 0.29) is 0 Å². The number of hydrogen-bond donors (Lipinski definition) is 2. The molecule has 3 heteroatoms. The molecular weight excluding hydrogens is 202 g/mol. The average Bonchev–Trinajstić information content (AvgIpc) is 2.22. The van der Waals surface area contributed by atoms with E-state index in [1.807, 2.05) is 13.8 Å². The number of rotatable bonds is 5. The van der Waals surface area contributed by atoms with Crippen molar-refractivity contribution in [2.24, 2.45) is 5.92 Å². The minimum absolute atomic E-state index is 0.392. The molecule has 0 aliphatic heterocycles. The fraction of sp³-hybridized carbons (Fsp3) is 0.923. The van der Waals surface area contributed by atoms with Gasteiger partial charge in [0.05, 0.1) is 0 Å². The topological polar surface area (TPSA) is 49.3 Å². The Labute approximate surface area is 98.6 Å². The highest BCUT2D eigenvalue weighted by atomic mass is 16.4. The van der Waals surface area contributed by atoms with Crippen LogP contribution in [-0.2, 0) is 4.79 Å². The molecule has 1 aliphatic carbocycles. The van der Waals surface area contributed by atoms with Gasteiger partial charge in [-0.05, 0) is 44.9 Å². The van der Waals surface area contributed by atoms with Gasteiger partial charge >= 0.3 is 5.97 Å². The van der Waals surface area contributed by atoms with Crippen LogP contribution in [0.5, 0.6) is 0 Å². The van der Waals surface area contributed by atoms with Gasteiger partial charge < -0.3 is 5.11 Å². The van der Waals surface area contributed by atoms with Crippen LogP contribution in [0, 0.1) is 5.92 Å². The molecule has 0 radical (unpaired) electrons. The molecule has 94 valence electrons. The van der Waals surface area contributed by atoms with E-state index in [0.717, 1.165) is 25.2 Å². The van der Waals surface area contributed by atoms with Crippen LogP contribution in [0.1, 0.15) is 59.3 Å². The maximum atomic E-state index is 11.3. The van der Waals surface area contributed by atoms with Gasteiger partial charge in [0.1, 0.15) is 5.54 Å². The first-order valence-electron chi connectivity index (χ1n) is 6.49. The molecule has 1 unspecified atom stereocenters. The molecule has 0 spiro atoms. The normalized spacial score (nSPS) is 29.7. The van der Waals surface area contributed by atoms with Gasteiger partial charge in [-0.1, -0.05) is 20.3 Å². The Hall–Kier alpha value is -0.570. The van der Waals surface area contributed by atoms with Crippen LogP contribution in [0.4, 0.5) is 0 Å². The van der Waals surface area contributed by atoms with E-state index in [1.54, 1.807) is 0 Å². The van der Waals surface area contributed by atoms with Crippen molar-refractivity contribution in [3.63, 3.8) is 0 Å². The van der Waals surface area contributed by atoms with Crippen molar-refractivity contribution in [1.82, 2.24) is 5.32 Å². The highest BCUT2D eigenvalue weighted by Gasteiger charge is 2.34. The molecule has 1 rings (SSSR count). The molecule has 1 saturated carbocycles. The minimum Gasteiger partial charge on any atom is -0.480 e. The summed E-state index contributed by atoms with van der Waals surface area (Å²) in [6.07, 6.45) is 6.29. The Bertz CT molecular complexity index is 234. The first kappa shape index (κ1) is 13.5. The Kier molecular flexibility index (Phi) is 4.78. The number of nitrogens with one attached hydrogen (secondary N) is 1. The largest absolute Gasteiger partial charge is 0.480 e. The van der Waals surface area contributed by atoms with Gasteiger partial charge in [0.2, 0.25) is 0 Å². The highest BCUT2D eigenvalue weighted by molar-refractivity contribution is 5.78. The number of carboxylic acid groups (broad SMARTS) is 1. The molecule has 0 heterocycles. The van der Waals surface area contributed by atoms with Crippen LogP contribution in [0.25, 0.3) is 0 Å². The van der Waals surface area contributed by atoms with Gasteiger partial charge in [-0.15, -0.1) is 0 Å².